The van der Waals surface area contributed by atoms with Gasteiger partial charge in [-0.25, -0.2) is 4.68 Å². The minimum atomic E-state index is -0.314. The van der Waals surface area contributed by atoms with Gasteiger partial charge in [0.1, 0.15) is 12.4 Å². The lowest BCUT2D eigenvalue weighted by Crippen LogP contribution is -2.30. The zero-order valence-corrected chi connectivity index (χ0v) is 19.1. The predicted octanol–water partition coefficient (Wildman–Crippen LogP) is 6.52. The number of hydrogen-bond acceptors (Lipinski definition) is 3. The second-order valence-corrected chi connectivity index (χ2v) is 9.96. The van der Waals surface area contributed by atoms with Crippen molar-refractivity contribution in [1.82, 2.24) is 9.78 Å². The van der Waals surface area contributed by atoms with Crippen LogP contribution in [0.25, 0.3) is 5.69 Å². The molecule has 0 radical (unpaired) electrons. The summed E-state index contributed by atoms with van der Waals surface area (Å²) in [7, 11) is 0. The van der Waals surface area contributed by atoms with Crippen molar-refractivity contribution < 1.29 is 9.53 Å². The van der Waals surface area contributed by atoms with Crippen molar-refractivity contribution in [2.75, 3.05) is 0 Å². The van der Waals surface area contributed by atoms with E-state index in [1.54, 1.807) is 6.20 Å². The molecule has 0 N–H and O–H groups in total. The summed E-state index contributed by atoms with van der Waals surface area (Å²) in [6, 6.07) is 9.96. The molecule has 162 valence electrons. The van der Waals surface area contributed by atoms with E-state index in [9.17, 15) is 4.79 Å². The molecule has 0 amide bonds. The number of ether oxygens (including phenoxy) is 1. The van der Waals surface area contributed by atoms with Crippen molar-refractivity contribution in [3.63, 3.8) is 0 Å². The lowest BCUT2D eigenvalue weighted by molar-refractivity contribution is -0.124. The van der Waals surface area contributed by atoms with E-state index in [2.05, 4.69) is 12.0 Å². The van der Waals surface area contributed by atoms with Gasteiger partial charge < -0.3 is 4.74 Å². The van der Waals surface area contributed by atoms with Crippen LogP contribution < -0.4 is 0 Å². The van der Waals surface area contributed by atoms with Crippen LogP contribution in [0.1, 0.15) is 51.0 Å². The number of ketones is 1. The second-order valence-electron chi connectivity index (χ2n) is 9.20. The molecule has 2 saturated carbocycles. The maximum atomic E-state index is 13.3. The van der Waals surface area contributed by atoms with Gasteiger partial charge in [-0.3, -0.25) is 4.79 Å². The van der Waals surface area contributed by atoms with E-state index < -0.39 is 0 Å². The zero-order chi connectivity index (χ0) is 21.6. The smallest absolute Gasteiger partial charge is 0.166 e. The zero-order valence-electron chi connectivity index (χ0n) is 17.6. The average Bonchev–Trinajstić information content (AvgIpc) is 3.53. The summed E-state index contributed by atoms with van der Waals surface area (Å²) in [5, 5.41) is 5.03. The summed E-state index contributed by atoms with van der Waals surface area (Å²) in [5.41, 5.74) is 2.45. The van der Waals surface area contributed by atoms with Gasteiger partial charge in [0, 0.05) is 29.8 Å². The van der Waals surface area contributed by atoms with Crippen molar-refractivity contribution in [3.8, 4) is 5.69 Å². The Morgan fingerprint density at radius 3 is 2.58 bits per heavy atom. The molecule has 3 aliphatic carbocycles. The molecular weight excluding hydrogens is 431 g/mol. The first-order chi connectivity index (χ1) is 15.0. The van der Waals surface area contributed by atoms with Gasteiger partial charge in [-0.05, 0) is 54.9 Å². The third-order valence-corrected chi connectivity index (χ3v) is 8.21. The van der Waals surface area contributed by atoms with Crippen LogP contribution in [-0.2, 0) is 16.1 Å². The molecule has 0 aliphatic heterocycles. The quantitative estimate of drug-likeness (QED) is 0.513. The molecule has 2 fully saturated rings. The molecule has 1 aromatic heterocycles. The first-order valence-electron chi connectivity index (χ1n) is 11.0. The van der Waals surface area contributed by atoms with Gasteiger partial charge in [0.25, 0.3) is 0 Å². The minimum Gasteiger partial charge on any atom is -0.492 e. The standard InChI is InChI=1S/C25H26Cl2N2O2/c1-25(18-5-2-3-6-18)14-17-13-20(22(26)23(27)21(17)24(25)30)31-15-16-7-9-19(10-8-16)29-12-4-11-28-29/h4,7-12,17-18H,2-3,5-6,13-15H2,1H3. The summed E-state index contributed by atoms with van der Waals surface area (Å²) < 4.78 is 7.93. The molecule has 6 heteroatoms. The van der Waals surface area contributed by atoms with Gasteiger partial charge >= 0.3 is 0 Å². The lowest BCUT2D eigenvalue weighted by atomic mass is 9.73. The average molecular weight is 457 g/mol. The highest BCUT2D eigenvalue weighted by Gasteiger charge is 2.53. The third kappa shape index (κ3) is 3.64. The molecule has 5 rings (SSSR count). The summed E-state index contributed by atoms with van der Waals surface area (Å²) >= 11 is 13.2. The Morgan fingerprint density at radius 1 is 1.16 bits per heavy atom. The van der Waals surface area contributed by atoms with Crippen molar-refractivity contribution in [1.29, 1.82) is 0 Å². The summed E-state index contributed by atoms with van der Waals surface area (Å²) in [5.74, 6) is 1.46. The molecule has 2 aromatic rings. The fourth-order valence-corrected chi connectivity index (χ4v) is 6.16. The van der Waals surface area contributed by atoms with E-state index in [0.29, 0.717) is 34.8 Å². The number of allylic oxidation sites excluding steroid dienone is 4. The number of Topliss-reactive ketones (excluding diaryl/α,β-unsaturated/α-hetero) is 1. The van der Waals surface area contributed by atoms with Gasteiger partial charge in [0.15, 0.2) is 5.78 Å². The van der Waals surface area contributed by atoms with Crippen molar-refractivity contribution in [2.24, 2.45) is 17.3 Å². The number of benzene rings is 1. The van der Waals surface area contributed by atoms with Gasteiger partial charge in [0.05, 0.1) is 15.8 Å². The van der Waals surface area contributed by atoms with Crippen LogP contribution >= 0.6 is 23.2 Å². The summed E-state index contributed by atoms with van der Waals surface area (Å²) in [6.07, 6.45) is 9.87. The maximum absolute atomic E-state index is 13.3. The first kappa shape index (κ1) is 20.8. The first-order valence-corrected chi connectivity index (χ1v) is 11.8. The number of rotatable bonds is 5. The molecule has 2 unspecified atom stereocenters. The van der Waals surface area contributed by atoms with E-state index in [4.69, 9.17) is 27.9 Å². The monoisotopic (exact) mass is 456 g/mol. The highest BCUT2D eigenvalue weighted by molar-refractivity contribution is 6.45. The van der Waals surface area contributed by atoms with Crippen LogP contribution in [0.4, 0.5) is 0 Å². The molecule has 1 aromatic carbocycles. The number of hydrogen-bond donors (Lipinski definition) is 0. The number of aromatic nitrogens is 2. The topological polar surface area (TPSA) is 44.1 Å². The number of carbonyl (C=O) groups excluding carboxylic acids is 1. The van der Waals surface area contributed by atoms with E-state index in [1.165, 1.54) is 12.8 Å². The van der Waals surface area contributed by atoms with Gasteiger partial charge in [0.2, 0.25) is 0 Å². The second kappa shape index (κ2) is 8.14. The highest BCUT2D eigenvalue weighted by atomic mass is 35.5. The number of carbonyl (C=O) groups is 1. The van der Waals surface area contributed by atoms with E-state index in [1.807, 2.05) is 41.2 Å². The maximum Gasteiger partial charge on any atom is 0.166 e. The molecule has 0 bridgehead atoms. The van der Waals surface area contributed by atoms with Crippen LogP contribution in [0, 0.1) is 17.3 Å². The Kier molecular flexibility index (Phi) is 5.47. The van der Waals surface area contributed by atoms with Crippen LogP contribution in [0.3, 0.4) is 0 Å². The van der Waals surface area contributed by atoms with Gasteiger partial charge in [-0.1, -0.05) is 55.1 Å². The van der Waals surface area contributed by atoms with Crippen LogP contribution in [-0.4, -0.2) is 15.6 Å². The molecular formula is C25H26Cl2N2O2. The van der Waals surface area contributed by atoms with E-state index >= 15 is 0 Å². The van der Waals surface area contributed by atoms with Crippen molar-refractivity contribution in [2.45, 2.75) is 52.1 Å². The Hall–Kier alpha value is -2.04. The Labute approximate surface area is 192 Å². The Balaban J connectivity index is 1.30. The van der Waals surface area contributed by atoms with Crippen molar-refractivity contribution >= 4 is 29.0 Å². The fraction of sp³-hybridized carbons (Fsp3) is 0.440. The molecule has 0 spiro atoms. The van der Waals surface area contributed by atoms with Crippen LogP contribution in [0.2, 0.25) is 0 Å². The SMILES string of the molecule is CC1(C2CCCC2)CC2CC(OCc3ccc(-n4cccn4)cc3)=C(Cl)C(Cl)=C2C1=O. The fourth-order valence-electron chi connectivity index (χ4n) is 5.58. The Bertz CT molecular complexity index is 1050. The largest absolute Gasteiger partial charge is 0.492 e. The molecule has 2 atom stereocenters. The lowest BCUT2D eigenvalue weighted by Gasteiger charge is -2.29. The third-order valence-electron chi connectivity index (χ3n) is 7.32. The number of halogens is 2. The summed E-state index contributed by atoms with van der Waals surface area (Å²) in [4.78, 5) is 13.3. The van der Waals surface area contributed by atoms with Crippen LogP contribution in [0.15, 0.2) is 64.1 Å². The van der Waals surface area contributed by atoms with Gasteiger partial charge in [-0.15, -0.1) is 0 Å². The predicted molar refractivity (Wildman–Crippen MR) is 122 cm³/mol. The van der Waals surface area contributed by atoms with E-state index in [0.717, 1.165) is 36.1 Å². The number of nitrogens with zero attached hydrogens (tertiary/aromatic N) is 2. The van der Waals surface area contributed by atoms with Crippen LogP contribution in [0.5, 0.6) is 0 Å². The minimum absolute atomic E-state index is 0.102. The molecule has 3 aliphatic rings. The van der Waals surface area contributed by atoms with E-state index in [-0.39, 0.29) is 17.1 Å². The summed E-state index contributed by atoms with van der Waals surface area (Å²) in [6.45, 7) is 2.54. The number of fused-ring (bicyclic) bond motifs is 1. The van der Waals surface area contributed by atoms with Gasteiger partial charge in [-0.2, -0.15) is 5.10 Å². The normalized spacial score (nSPS) is 26.7. The highest BCUT2D eigenvalue weighted by Crippen LogP contribution is 2.57. The van der Waals surface area contributed by atoms with Crippen molar-refractivity contribution in [3.05, 3.63) is 69.7 Å². The molecule has 0 saturated heterocycles. The Morgan fingerprint density at radius 2 is 1.90 bits per heavy atom. The molecule has 1 heterocycles. The molecule has 4 nitrogen and oxygen atoms in total. The molecule has 31 heavy (non-hydrogen) atoms.